The van der Waals surface area contributed by atoms with Crippen LogP contribution in [0.25, 0.3) is 0 Å². The number of halogens is 3. The third-order valence-corrected chi connectivity index (χ3v) is 4.99. The lowest BCUT2D eigenvalue weighted by atomic mass is 10.3. The van der Waals surface area contributed by atoms with E-state index in [-0.39, 0.29) is 15.5 Å². The Morgan fingerprint density at radius 2 is 2.20 bits per heavy atom. The number of aromatic nitrogens is 1. The Morgan fingerprint density at radius 1 is 1.55 bits per heavy atom. The first kappa shape index (κ1) is 15.1. The number of nitrogens with zero attached hydrogens (tertiary/aromatic N) is 1. The molecular weight excluding hydrogens is 377 g/mol. The topological polar surface area (TPSA) is 98.2 Å². The Balaban J connectivity index is 2.50. The zero-order valence-electron chi connectivity index (χ0n) is 9.95. The van der Waals surface area contributed by atoms with Gasteiger partial charge in [-0.2, -0.15) is 4.98 Å². The Labute approximate surface area is 127 Å². The fourth-order valence-corrected chi connectivity index (χ4v) is 2.98. The lowest BCUT2D eigenvalue weighted by molar-refractivity contribution is 0.560. The summed E-state index contributed by atoms with van der Waals surface area (Å²) in [6.07, 6.45) is 1.25. The molecule has 1 aromatic heterocycles. The number of rotatable bonds is 3. The summed E-state index contributed by atoms with van der Waals surface area (Å²) in [4.78, 5) is 3.07. The third kappa shape index (κ3) is 2.74. The highest BCUT2D eigenvalue weighted by Gasteiger charge is 2.25. The predicted molar refractivity (Wildman–Crippen MR) is 75.6 cm³/mol. The minimum Gasteiger partial charge on any atom is -0.431 e. The number of aryl methyl sites for hydroxylation is 1. The second-order valence-corrected chi connectivity index (χ2v) is 6.65. The number of hydrogen-bond acceptors (Lipinski definition) is 5. The summed E-state index contributed by atoms with van der Waals surface area (Å²) >= 11 is 8.74. The summed E-state index contributed by atoms with van der Waals surface area (Å²) in [6.45, 7) is 1.61. The van der Waals surface area contributed by atoms with Gasteiger partial charge in [0.2, 0.25) is 0 Å². The van der Waals surface area contributed by atoms with E-state index >= 15 is 0 Å². The number of sulfonamides is 1. The monoisotopic (exact) mass is 383 g/mol. The van der Waals surface area contributed by atoms with Crippen LogP contribution in [0.15, 0.2) is 26.1 Å². The Bertz CT molecular complexity index is 778. The zero-order valence-corrected chi connectivity index (χ0v) is 13.1. The van der Waals surface area contributed by atoms with Crippen LogP contribution in [0.4, 0.5) is 16.1 Å². The molecule has 0 fully saturated rings. The Hall–Kier alpha value is -1.32. The molecular formula is C10H8BrClFN3O3S. The largest absolute Gasteiger partial charge is 0.431 e. The Morgan fingerprint density at radius 3 is 2.75 bits per heavy atom. The molecule has 3 N–H and O–H groups in total. The van der Waals surface area contributed by atoms with Gasteiger partial charge in [-0.15, -0.1) is 0 Å². The molecule has 0 atom stereocenters. The molecule has 1 aromatic carbocycles. The number of nitrogens with two attached hydrogens (primary N) is 1. The van der Waals surface area contributed by atoms with E-state index in [1.165, 1.54) is 6.26 Å². The molecule has 2 rings (SSSR count). The van der Waals surface area contributed by atoms with Crippen LogP contribution < -0.4 is 10.5 Å². The number of hydrogen-bond donors (Lipinski definition) is 2. The average molecular weight is 385 g/mol. The molecule has 0 saturated heterocycles. The third-order valence-electron chi connectivity index (χ3n) is 2.29. The first-order valence-electron chi connectivity index (χ1n) is 5.10. The number of nitrogen functional groups attached to an aromatic ring is 1. The maximum atomic E-state index is 14.0. The molecule has 6 nitrogen and oxygen atoms in total. The van der Waals surface area contributed by atoms with Gasteiger partial charge in [-0.3, -0.25) is 0 Å². The van der Waals surface area contributed by atoms with Gasteiger partial charge in [0.15, 0.2) is 5.82 Å². The zero-order chi connectivity index (χ0) is 15.1. The van der Waals surface area contributed by atoms with E-state index in [4.69, 9.17) is 21.8 Å². The van der Waals surface area contributed by atoms with E-state index in [0.29, 0.717) is 5.69 Å². The summed E-state index contributed by atoms with van der Waals surface area (Å²) in [5, 5.41) is -0.0344. The quantitative estimate of drug-likeness (QED) is 0.626. The lowest BCUT2D eigenvalue weighted by Crippen LogP contribution is -2.16. The first-order valence-corrected chi connectivity index (χ1v) is 7.75. The van der Waals surface area contributed by atoms with Crippen molar-refractivity contribution in [1.82, 2.24) is 4.98 Å². The number of benzene rings is 1. The van der Waals surface area contributed by atoms with Crippen LogP contribution in [0.1, 0.15) is 5.69 Å². The van der Waals surface area contributed by atoms with Crippen LogP contribution >= 0.6 is 27.5 Å². The van der Waals surface area contributed by atoms with Crippen molar-refractivity contribution < 1.29 is 17.2 Å². The molecule has 0 radical (unpaired) electrons. The molecule has 0 saturated carbocycles. The normalized spacial score (nSPS) is 11.6. The summed E-state index contributed by atoms with van der Waals surface area (Å²) < 4.78 is 45.0. The molecule has 0 spiro atoms. The highest BCUT2D eigenvalue weighted by Crippen LogP contribution is 2.35. The molecule has 10 heteroatoms. The van der Waals surface area contributed by atoms with Crippen molar-refractivity contribution in [3.8, 4) is 0 Å². The molecule has 2 aromatic rings. The summed E-state index contributed by atoms with van der Waals surface area (Å²) in [5.74, 6) is -1.11. The van der Waals surface area contributed by atoms with Gasteiger partial charge in [-0.1, -0.05) is 11.6 Å². The van der Waals surface area contributed by atoms with Gasteiger partial charge in [-0.25, -0.2) is 17.5 Å². The highest BCUT2D eigenvalue weighted by molar-refractivity contribution is 9.10. The van der Waals surface area contributed by atoms with Gasteiger partial charge in [0.05, 0.1) is 20.9 Å². The van der Waals surface area contributed by atoms with Crippen molar-refractivity contribution in [3.05, 3.63) is 33.3 Å². The molecule has 20 heavy (non-hydrogen) atoms. The summed E-state index contributed by atoms with van der Waals surface area (Å²) in [5.41, 5.74) is 5.51. The van der Waals surface area contributed by atoms with Gasteiger partial charge in [0.25, 0.3) is 10.0 Å². The van der Waals surface area contributed by atoms with Crippen LogP contribution in [0.5, 0.6) is 0 Å². The van der Waals surface area contributed by atoms with E-state index < -0.39 is 26.4 Å². The van der Waals surface area contributed by atoms with Crippen molar-refractivity contribution >= 4 is 49.3 Å². The van der Waals surface area contributed by atoms with Gasteiger partial charge in [0, 0.05) is 0 Å². The van der Waals surface area contributed by atoms with E-state index in [1.54, 1.807) is 6.92 Å². The molecule has 0 aliphatic carbocycles. The number of anilines is 2. The van der Waals surface area contributed by atoms with Crippen LogP contribution in [0.3, 0.4) is 0 Å². The standard InChI is InChI=1S/C10H8BrClFN3O3S/c1-4-3-19-10(15-4)16-20(17,18)6-2-5(12)7(11)9(14)8(6)13/h2-3H,14H2,1H3,(H,15,16). The van der Waals surface area contributed by atoms with Gasteiger partial charge >= 0.3 is 6.01 Å². The van der Waals surface area contributed by atoms with Gasteiger partial charge in [0.1, 0.15) is 11.2 Å². The van der Waals surface area contributed by atoms with Crippen LogP contribution in [0, 0.1) is 12.7 Å². The van der Waals surface area contributed by atoms with Crippen molar-refractivity contribution in [3.63, 3.8) is 0 Å². The molecule has 108 valence electrons. The fraction of sp³-hybridized carbons (Fsp3) is 0.100. The molecule has 0 aliphatic heterocycles. The van der Waals surface area contributed by atoms with Gasteiger partial charge in [-0.05, 0) is 28.9 Å². The predicted octanol–water partition coefficient (Wildman–Crippen LogP) is 2.92. The van der Waals surface area contributed by atoms with Crippen molar-refractivity contribution in [1.29, 1.82) is 0 Å². The summed E-state index contributed by atoms with van der Waals surface area (Å²) in [7, 11) is -4.26. The Kier molecular flexibility index (Phi) is 3.94. The molecule has 0 bridgehead atoms. The lowest BCUT2D eigenvalue weighted by Gasteiger charge is -2.10. The van der Waals surface area contributed by atoms with Crippen LogP contribution in [-0.2, 0) is 10.0 Å². The van der Waals surface area contributed by atoms with E-state index in [0.717, 1.165) is 6.07 Å². The number of oxazole rings is 1. The molecule has 1 heterocycles. The van der Waals surface area contributed by atoms with Crippen molar-refractivity contribution in [2.45, 2.75) is 11.8 Å². The van der Waals surface area contributed by atoms with Gasteiger partial charge < -0.3 is 10.2 Å². The highest BCUT2D eigenvalue weighted by atomic mass is 79.9. The van der Waals surface area contributed by atoms with Crippen LogP contribution in [0.2, 0.25) is 5.02 Å². The minimum atomic E-state index is -4.26. The maximum absolute atomic E-state index is 14.0. The molecule has 0 amide bonds. The van der Waals surface area contributed by atoms with E-state index in [1.807, 2.05) is 4.72 Å². The second kappa shape index (κ2) is 5.23. The second-order valence-electron chi connectivity index (χ2n) is 3.80. The SMILES string of the molecule is Cc1coc(NS(=O)(=O)c2cc(Cl)c(Br)c(N)c2F)n1. The molecule has 0 aliphatic rings. The minimum absolute atomic E-state index is 0.0344. The van der Waals surface area contributed by atoms with Crippen molar-refractivity contribution in [2.24, 2.45) is 0 Å². The average Bonchev–Trinajstić information content (AvgIpc) is 2.75. The van der Waals surface area contributed by atoms with E-state index in [9.17, 15) is 12.8 Å². The fourth-order valence-electron chi connectivity index (χ4n) is 1.37. The van der Waals surface area contributed by atoms with Crippen molar-refractivity contribution in [2.75, 3.05) is 10.5 Å². The number of nitrogens with one attached hydrogen (secondary N) is 1. The van der Waals surface area contributed by atoms with Crippen LogP contribution in [-0.4, -0.2) is 13.4 Å². The van der Waals surface area contributed by atoms with E-state index in [2.05, 4.69) is 20.9 Å². The first-order chi connectivity index (χ1) is 9.22. The summed E-state index contributed by atoms with van der Waals surface area (Å²) in [6, 6.07) is 0.662. The molecule has 0 unspecified atom stereocenters. The maximum Gasteiger partial charge on any atom is 0.309 e. The smallest absolute Gasteiger partial charge is 0.309 e.